The number of benzene rings is 1. The van der Waals surface area contributed by atoms with Crippen LogP contribution in [0.5, 0.6) is 0 Å². The second kappa shape index (κ2) is 5.56. The highest BCUT2D eigenvalue weighted by atomic mass is 35.5. The van der Waals surface area contributed by atoms with E-state index in [1.165, 1.54) is 6.92 Å². The van der Waals surface area contributed by atoms with E-state index in [9.17, 15) is 4.79 Å². The first-order chi connectivity index (χ1) is 5.72. The Morgan fingerprint density at radius 2 is 1.92 bits per heavy atom. The van der Waals surface area contributed by atoms with Crippen molar-refractivity contribution in [1.29, 1.82) is 0 Å². The molecule has 0 bridgehead atoms. The first-order valence-corrected chi connectivity index (χ1v) is 3.79. The SMILES string of the molecule is CC(=O)Nc1ccc(CN)cc1.Cl. The van der Waals surface area contributed by atoms with Crippen LogP contribution in [-0.4, -0.2) is 5.91 Å². The fourth-order valence-electron chi connectivity index (χ4n) is 0.927. The molecule has 4 heteroatoms. The van der Waals surface area contributed by atoms with Crippen molar-refractivity contribution in [3.05, 3.63) is 29.8 Å². The topological polar surface area (TPSA) is 55.1 Å². The Balaban J connectivity index is 0.00000144. The molecule has 72 valence electrons. The Morgan fingerprint density at radius 3 is 2.31 bits per heavy atom. The maximum absolute atomic E-state index is 10.6. The number of carbonyl (C=O) groups is 1. The number of carbonyl (C=O) groups excluding carboxylic acids is 1. The average molecular weight is 201 g/mol. The van der Waals surface area contributed by atoms with Crippen LogP contribution in [0.1, 0.15) is 12.5 Å². The van der Waals surface area contributed by atoms with Crippen molar-refractivity contribution in [2.24, 2.45) is 5.73 Å². The van der Waals surface area contributed by atoms with Crippen LogP contribution in [-0.2, 0) is 11.3 Å². The lowest BCUT2D eigenvalue weighted by Crippen LogP contribution is -2.05. The van der Waals surface area contributed by atoms with Gasteiger partial charge in [0.2, 0.25) is 5.91 Å². The summed E-state index contributed by atoms with van der Waals surface area (Å²) >= 11 is 0. The van der Waals surface area contributed by atoms with Crippen LogP contribution in [0.3, 0.4) is 0 Å². The van der Waals surface area contributed by atoms with Gasteiger partial charge in [0.25, 0.3) is 0 Å². The van der Waals surface area contributed by atoms with Crippen LogP contribution in [0.4, 0.5) is 5.69 Å². The molecule has 1 aromatic rings. The quantitative estimate of drug-likeness (QED) is 0.761. The molecule has 0 aliphatic carbocycles. The standard InChI is InChI=1S/C9H12N2O.ClH/c1-7(12)11-9-4-2-8(6-10)3-5-9;/h2-5H,6,10H2,1H3,(H,11,12);1H. The van der Waals surface area contributed by atoms with E-state index in [0.29, 0.717) is 6.54 Å². The van der Waals surface area contributed by atoms with Gasteiger partial charge in [0.15, 0.2) is 0 Å². The predicted molar refractivity (Wildman–Crippen MR) is 55.9 cm³/mol. The van der Waals surface area contributed by atoms with Gasteiger partial charge >= 0.3 is 0 Å². The summed E-state index contributed by atoms with van der Waals surface area (Å²) in [6, 6.07) is 7.46. The smallest absolute Gasteiger partial charge is 0.221 e. The van der Waals surface area contributed by atoms with Crippen molar-refractivity contribution in [1.82, 2.24) is 0 Å². The van der Waals surface area contributed by atoms with Crippen LogP contribution in [0.15, 0.2) is 24.3 Å². The molecule has 13 heavy (non-hydrogen) atoms. The molecule has 0 spiro atoms. The summed E-state index contributed by atoms with van der Waals surface area (Å²) in [6.45, 7) is 2.01. The number of amides is 1. The van der Waals surface area contributed by atoms with Crippen LogP contribution in [0.2, 0.25) is 0 Å². The summed E-state index contributed by atoms with van der Waals surface area (Å²) in [5.41, 5.74) is 7.28. The zero-order valence-corrected chi connectivity index (χ0v) is 8.23. The van der Waals surface area contributed by atoms with Gasteiger partial charge in [-0.05, 0) is 17.7 Å². The zero-order chi connectivity index (χ0) is 8.97. The normalized spacial score (nSPS) is 8.77. The molecule has 1 aromatic carbocycles. The molecular weight excluding hydrogens is 188 g/mol. The van der Waals surface area contributed by atoms with Gasteiger partial charge in [-0.1, -0.05) is 12.1 Å². The molecule has 0 fully saturated rings. The molecule has 3 N–H and O–H groups in total. The Hall–Kier alpha value is -1.06. The zero-order valence-electron chi connectivity index (χ0n) is 7.41. The molecule has 0 unspecified atom stereocenters. The van der Waals surface area contributed by atoms with E-state index in [-0.39, 0.29) is 18.3 Å². The summed E-state index contributed by atoms with van der Waals surface area (Å²) in [5.74, 6) is -0.0597. The van der Waals surface area contributed by atoms with Crippen molar-refractivity contribution in [2.75, 3.05) is 5.32 Å². The largest absolute Gasteiger partial charge is 0.326 e. The summed E-state index contributed by atoms with van der Waals surface area (Å²) in [7, 11) is 0. The fraction of sp³-hybridized carbons (Fsp3) is 0.222. The summed E-state index contributed by atoms with van der Waals surface area (Å²) < 4.78 is 0. The second-order valence-corrected chi connectivity index (χ2v) is 2.58. The van der Waals surface area contributed by atoms with Gasteiger partial charge in [-0.2, -0.15) is 0 Å². The average Bonchev–Trinajstić information content (AvgIpc) is 2.05. The maximum Gasteiger partial charge on any atom is 0.221 e. The molecule has 0 heterocycles. The van der Waals surface area contributed by atoms with E-state index in [0.717, 1.165) is 11.3 Å². The third-order valence-corrected chi connectivity index (χ3v) is 1.51. The third-order valence-electron chi connectivity index (χ3n) is 1.51. The molecule has 0 radical (unpaired) electrons. The number of anilines is 1. The van der Waals surface area contributed by atoms with E-state index in [4.69, 9.17) is 5.73 Å². The number of hydrogen-bond donors (Lipinski definition) is 2. The molecular formula is C9H13ClN2O. The highest BCUT2D eigenvalue weighted by Crippen LogP contribution is 2.08. The highest BCUT2D eigenvalue weighted by Gasteiger charge is 1.94. The lowest BCUT2D eigenvalue weighted by molar-refractivity contribution is -0.114. The first-order valence-electron chi connectivity index (χ1n) is 3.79. The highest BCUT2D eigenvalue weighted by molar-refractivity contribution is 5.88. The van der Waals surface area contributed by atoms with E-state index < -0.39 is 0 Å². The summed E-state index contributed by atoms with van der Waals surface area (Å²) in [5, 5.41) is 2.68. The van der Waals surface area contributed by atoms with Gasteiger partial charge in [0, 0.05) is 19.2 Å². The Kier molecular flexibility index (Phi) is 5.11. The summed E-state index contributed by atoms with van der Waals surface area (Å²) in [4.78, 5) is 10.6. The third kappa shape index (κ3) is 3.92. The molecule has 0 saturated carbocycles. The van der Waals surface area contributed by atoms with E-state index in [1.807, 2.05) is 24.3 Å². The molecule has 1 amide bonds. The number of rotatable bonds is 2. The Labute approximate surface area is 83.7 Å². The lowest BCUT2D eigenvalue weighted by Gasteiger charge is -2.01. The van der Waals surface area contributed by atoms with Gasteiger partial charge in [0.1, 0.15) is 0 Å². The van der Waals surface area contributed by atoms with Gasteiger partial charge in [0.05, 0.1) is 0 Å². The van der Waals surface area contributed by atoms with Crippen molar-refractivity contribution in [3.8, 4) is 0 Å². The Bertz CT molecular complexity index is 271. The van der Waals surface area contributed by atoms with E-state index >= 15 is 0 Å². The minimum Gasteiger partial charge on any atom is -0.326 e. The van der Waals surface area contributed by atoms with E-state index in [2.05, 4.69) is 5.32 Å². The molecule has 0 aliphatic heterocycles. The second-order valence-electron chi connectivity index (χ2n) is 2.58. The number of halogens is 1. The van der Waals surface area contributed by atoms with Gasteiger partial charge in [-0.3, -0.25) is 4.79 Å². The van der Waals surface area contributed by atoms with Gasteiger partial charge in [-0.25, -0.2) is 0 Å². The molecule has 0 aliphatic rings. The van der Waals surface area contributed by atoms with Gasteiger partial charge in [-0.15, -0.1) is 12.4 Å². The maximum atomic E-state index is 10.6. The van der Waals surface area contributed by atoms with Crippen LogP contribution in [0, 0.1) is 0 Å². The monoisotopic (exact) mass is 200 g/mol. The minimum atomic E-state index is -0.0597. The van der Waals surface area contributed by atoms with Crippen molar-refractivity contribution < 1.29 is 4.79 Å². The number of nitrogens with one attached hydrogen (secondary N) is 1. The first kappa shape index (κ1) is 11.9. The number of nitrogens with two attached hydrogens (primary N) is 1. The van der Waals surface area contributed by atoms with Crippen molar-refractivity contribution in [3.63, 3.8) is 0 Å². The van der Waals surface area contributed by atoms with Crippen LogP contribution in [0.25, 0.3) is 0 Å². The molecule has 0 atom stereocenters. The fourth-order valence-corrected chi connectivity index (χ4v) is 0.927. The van der Waals surface area contributed by atoms with Crippen LogP contribution < -0.4 is 11.1 Å². The molecule has 0 saturated heterocycles. The minimum absolute atomic E-state index is 0. The van der Waals surface area contributed by atoms with Gasteiger partial charge < -0.3 is 11.1 Å². The molecule has 0 aromatic heterocycles. The predicted octanol–water partition coefficient (Wildman–Crippen LogP) is 1.53. The Morgan fingerprint density at radius 1 is 1.38 bits per heavy atom. The molecule has 3 nitrogen and oxygen atoms in total. The van der Waals surface area contributed by atoms with Crippen molar-refractivity contribution in [2.45, 2.75) is 13.5 Å². The van der Waals surface area contributed by atoms with Crippen LogP contribution >= 0.6 is 12.4 Å². The van der Waals surface area contributed by atoms with Crippen molar-refractivity contribution >= 4 is 24.0 Å². The van der Waals surface area contributed by atoms with E-state index in [1.54, 1.807) is 0 Å². The summed E-state index contributed by atoms with van der Waals surface area (Å²) in [6.07, 6.45) is 0. The molecule has 1 rings (SSSR count). The number of hydrogen-bond acceptors (Lipinski definition) is 2. The lowest BCUT2D eigenvalue weighted by atomic mass is 10.2.